The van der Waals surface area contributed by atoms with E-state index >= 15 is 0 Å². The maximum Gasteiger partial charge on any atom is 0.387 e. The van der Waals surface area contributed by atoms with Crippen LogP contribution in [0.4, 0.5) is 14.5 Å². The number of Topliss-reactive ketones (excluding diaryl/α,β-unsaturated/α-hetero) is 2. The molecule has 0 saturated carbocycles. The maximum absolute atomic E-state index is 12.3. The van der Waals surface area contributed by atoms with Crippen molar-refractivity contribution in [2.45, 2.75) is 6.61 Å². The molecule has 0 aliphatic heterocycles. The molecule has 0 spiro atoms. The van der Waals surface area contributed by atoms with E-state index in [-0.39, 0.29) is 23.5 Å². The molecular weight excluding hydrogens is 348 g/mol. The molecule has 26 heavy (non-hydrogen) atoms. The average Bonchev–Trinajstić information content (AvgIpc) is 2.61. The molecule has 0 aliphatic carbocycles. The van der Waals surface area contributed by atoms with Crippen molar-refractivity contribution in [3.8, 4) is 5.75 Å². The van der Waals surface area contributed by atoms with Crippen molar-refractivity contribution in [2.24, 2.45) is 0 Å². The Morgan fingerprint density at radius 1 is 1.00 bits per heavy atom. The Morgan fingerprint density at radius 2 is 1.65 bits per heavy atom. The molecule has 0 radical (unpaired) electrons. The Morgan fingerprint density at radius 3 is 2.27 bits per heavy atom. The van der Waals surface area contributed by atoms with E-state index in [0.29, 0.717) is 5.69 Å². The van der Waals surface area contributed by atoms with Crippen LogP contribution in [-0.2, 0) is 9.53 Å². The first-order valence-electron chi connectivity index (χ1n) is 7.43. The molecule has 8 heteroatoms. The van der Waals surface area contributed by atoms with E-state index < -0.39 is 24.1 Å². The Bertz CT molecular complexity index is 805. The number of nitrogens with one attached hydrogen (secondary N) is 1. The lowest BCUT2D eigenvalue weighted by Crippen LogP contribution is -2.18. The second kappa shape index (κ2) is 8.82. The maximum atomic E-state index is 12.3. The number of ketones is 2. The minimum atomic E-state index is -2.98. The van der Waals surface area contributed by atoms with Crippen LogP contribution >= 0.6 is 0 Å². The quantitative estimate of drug-likeness (QED) is 0.576. The van der Waals surface area contributed by atoms with Crippen LogP contribution in [0.25, 0.3) is 0 Å². The highest BCUT2D eigenvalue weighted by Crippen LogP contribution is 2.17. The topological polar surface area (TPSA) is 81.7 Å². The molecule has 0 saturated heterocycles. The Hall–Kier alpha value is -3.13. The molecule has 0 unspecified atom stereocenters. The largest absolute Gasteiger partial charge is 0.435 e. The number of anilines is 1. The zero-order valence-corrected chi connectivity index (χ0v) is 13.7. The van der Waals surface area contributed by atoms with E-state index in [9.17, 15) is 23.2 Å². The molecule has 0 atom stereocenters. The summed E-state index contributed by atoms with van der Waals surface area (Å²) in [5.74, 6) is -2.13. The summed E-state index contributed by atoms with van der Waals surface area (Å²) in [4.78, 5) is 36.1. The molecule has 0 bridgehead atoms. The Balaban J connectivity index is 2.12. The summed E-state index contributed by atoms with van der Waals surface area (Å²) in [6.45, 7) is -3.13. The molecule has 0 heterocycles. The highest BCUT2D eigenvalue weighted by molar-refractivity contribution is 6.49. The molecular formula is C18H15F2NO5. The lowest BCUT2D eigenvalue weighted by atomic mass is 10.0. The van der Waals surface area contributed by atoms with Crippen LogP contribution in [0.3, 0.4) is 0 Å². The van der Waals surface area contributed by atoms with E-state index in [1.807, 2.05) is 0 Å². The summed E-state index contributed by atoms with van der Waals surface area (Å²) < 4.78 is 33.1. The number of halogens is 2. The van der Waals surface area contributed by atoms with Crippen LogP contribution in [0.15, 0.2) is 48.5 Å². The number of hydrogen-bond donors (Lipinski definition) is 1. The van der Waals surface area contributed by atoms with Gasteiger partial charge in [0.1, 0.15) is 12.4 Å². The number of carbonyl (C=O) groups excluding carboxylic acids is 3. The third kappa shape index (κ3) is 5.18. The SMILES string of the molecule is COCC(=O)Nc1cccc(C(=O)C(=O)c2ccc(OC(F)F)cc2)c1. The third-order valence-electron chi connectivity index (χ3n) is 3.23. The predicted octanol–water partition coefficient (Wildman–Crippen LogP) is 2.94. The van der Waals surface area contributed by atoms with Gasteiger partial charge in [-0.1, -0.05) is 12.1 Å². The van der Waals surface area contributed by atoms with Crippen molar-refractivity contribution in [2.75, 3.05) is 19.0 Å². The minimum Gasteiger partial charge on any atom is -0.435 e. The minimum absolute atomic E-state index is 0.0328. The molecule has 136 valence electrons. The van der Waals surface area contributed by atoms with Gasteiger partial charge in [-0.25, -0.2) is 0 Å². The molecule has 2 aromatic carbocycles. The number of alkyl halides is 2. The Labute approximate surface area is 147 Å². The molecule has 6 nitrogen and oxygen atoms in total. The lowest BCUT2D eigenvalue weighted by Gasteiger charge is -2.07. The third-order valence-corrected chi connectivity index (χ3v) is 3.23. The van der Waals surface area contributed by atoms with Gasteiger partial charge in [0.2, 0.25) is 17.5 Å². The van der Waals surface area contributed by atoms with Gasteiger partial charge in [-0.15, -0.1) is 0 Å². The summed E-state index contributed by atoms with van der Waals surface area (Å²) in [7, 11) is 1.37. The van der Waals surface area contributed by atoms with Gasteiger partial charge in [-0.3, -0.25) is 14.4 Å². The molecule has 1 amide bonds. The molecule has 0 aliphatic rings. The molecule has 0 aromatic heterocycles. The monoisotopic (exact) mass is 363 g/mol. The fourth-order valence-corrected chi connectivity index (χ4v) is 2.12. The fraction of sp³-hybridized carbons (Fsp3) is 0.167. The molecule has 2 aromatic rings. The smallest absolute Gasteiger partial charge is 0.387 e. The van der Waals surface area contributed by atoms with Crippen LogP contribution in [0.5, 0.6) is 5.75 Å². The standard InChI is InChI=1S/C18H15F2NO5/c1-25-10-15(22)21-13-4-2-3-12(9-13)17(24)16(23)11-5-7-14(8-6-11)26-18(19)20/h2-9,18H,10H2,1H3,(H,21,22). The first-order chi connectivity index (χ1) is 12.4. The number of rotatable bonds is 8. The van der Waals surface area contributed by atoms with Crippen molar-refractivity contribution in [1.82, 2.24) is 0 Å². The second-order valence-electron chi connectivity index (χ2n) is 5.12. The highest BCUT2D eigenvalue weighted by Gasteiger charge is 2.19. The number of benzene rings is 2. The molecule has 0 fully saturated rings. The van der Waals surface area contributed by atoms with Gasteiger partial charge in [0.15, 0.2) is 0 Å². The Kier molecular flexibility index (Phi) is 6.51. The van der Waals surface area contributed by atoms with Gasteiger partial charge in [0.05, 0.1) is 0 Å². The average molecular weight is 363 g/mol. The fourth-order valence-electron chi connectivity index (χ4n) is 2.12. The van der Waals surface area contributed by atoms with Crippen LogP contribution < -0.4 is 10.1 Å². The van der Waals surface area contributed by atoms with Crippen molar-refractivity contribution in [3.63, 3.8) is 0 Å². The van der Waals surface area contributed by atoms with Gasteiger partial charge in [0, 0.05) is 23.9 Å². The van der Waals surface area contributed by atoms with Crippen LogP contribution in [0.1, 0.15) is 20.7 Å². The van der Waals surface area contributed by atoms with Gasteiger partial charge in [0.25, 0.3) is 0 Å². The summed E-state index contributed by atoms with van der Waals surface area (Å²) in [6.07, 6.45) is 0. The van der Waals surface area contributed by atoms with E-state index in [2.05, 4.69) is 10.1 Å². The zero-order valence-electron chi connectivity index (χ0n) is 13.7. The summed E-state index contributed by atoms with van der Waals surface area (Å²) >= 11 is 0. The van der Waals surface area contributed by atoms with E-state index in [1.54, 1.807) is 6.07 Å². The lowest BCUT2D eigenvalue weighted by molar-refractivity contribution is -0.119. The van der Waals surface area contributed by atoms with E-state index in [4.69, 9.17) is 4.74 Å². The number of hydrogen-bond acceptors (Lipinski definition) is 5. The van der Waals surface area contributed by atoms with Crippen molar-refractivity contribution in [3.05, 3.63) is 59.7 Å². The van der Waals surface area contributed by atoms with Crippen LogP contribution in [0, 0.1) is 0 Å². The van der Waals surface area contributed by atoms with Crippen molar-refractivity contribution < 1.29 is 32.6 Å². The van der Waals surface area contributed by atoms with Crippen molar-refractivity contribution in [1.29, 1.82) is 0 Å². The summed E-state index contributed by atoms with van der Waals surface area (Å²) in [5, 5.41) is 2.53. The number of carbonyl (C=O) groups is 3. The highest BCUT2D eigenvalue weighted by atomic mass is 19.3. The number of amides is 1. The van der Waals surface area contributed by atoms with Gasteiger partial charge in [-0.05, 0) is 36.4 Å². The van der Waals surface area contributed by atoms with Gasteiger partial charge < -0.3 is 14.8 Å². The normalized spacial score (nSPS) is 10.5. The van der Waals surface area contributed by atoms with Crippen LogP contribution in [-0.4, -0.2) is 37.8 Å². The summed E-state index contributed by atoms with van der Waals surface area (Å²) in [5.41, 5.74) is 0.454. The number of methoxy groups -OCH3 is 1. The molecule has 1 N–H and O–H groups in total. The van der Waals surface area contributed by atoms with Crippen molar-refractivity contribution >= 4 is 23.2 Å². The predicted molar refractivity (Wildman–Crippen MR) is 88.7 cm³/mol. The van der Waals surface area contributed by atoms with E-state index in [0.717, 1.165) is 0 Å². The number of ether oxygens (including phenoxy) is 2. The van der Waals surface area contributed by atoms with Crippen LogP contribution in [0.2, 0.25) is 0 Å². The zero-order chi connectivity index (χ0) is 19.1. The first-order valence-corrected chi connectivity index (χ1v) is 7.43. The van der Waals surface area contributed by atoms with E-state index in [1.165, 1.54) is 49.6 Å². The van der Waals surface area contributed by atoms with Gasteiger partial charge >= 0.3 is 6.61 Å². The van der Waals surface area contributed by atoms with Gasteiger partial charge in [-0.2, -0.15) is 8.78 Å². The molecule has 2 rings (SSSR count). The first kappa shape index (κ1) is 19.2. The summed E-state index contributed by atoms with van der Waals surface area (Å²) in [6, 6.07) is 10.7. The second-order valence-corrected chi connectivity index (χ2v) is 5.12.